The molecular weight excluding hydrogens is 238 g/mol. The van der Waals surface area contributed by atoms with Gasteiger partial charge < -0.3 is 15.1 Å². The summed E-state index contributed by atoms with van der Waals surface area (Å²) in [6.45, 7) is 0.609. The fourth-order valence-corrected chi connectivity index (χ4v) is 1.78. The van der Waals surface area contributed by atoms with Crippen molar-refractivity contribution in [2.45, 2.75) is 12.5 Å². The molecule has 0 saturated heterocycles. The second kappa shape index (κ2) is 3.92. The Hall–Kier alpha value is -2.21. The molecule has 1 aliphatic rings. The Labute approximate surface area is 102 Å². The first-order chi connectivity index (χ1) is 8.34. The van der Waals surface area contributed by atoms with Gasteiger partial charge in [0.2, 0.25) is 0 Å². The monoisotopic (exact) mass is 249 g/mol. The maximum absolute atomic E-state index is 11.7. The van der Waals surface area contributed by atoms with Gasteiger partial charge in [-0.3, -0.25) is 9.59 Å². The van der Waals surface area contributed by atoms with Crippen LogP contribution in [-0.2, 0) is 9.59 Å². The molecule has 0 spiro atoms. The molecule has 0 aromatic heterocycles. The Morgan fingerprint density at radius 2 is 1.94 bits per heavy atom. The van der Waals surface area contributed by atoms with Crippen molar-refractivity contribution in [3.8, 4) is 0 Å². The van der Waals surface area contributed by atoms with Crippen LogP contribution in [-0.4, -0.2) is 40.0 Å². The van der Waals surface area contributed by atoms with Crippen molar-refractivity contribution in [1.82, 2.24) is 0 Å². The number of amides is 1. The van der Waals surface area contributed by atoms with Gasteiger partial charge in [-0.05, 0) is 19.1 Å². The molecule has 0 aliphatic carbocycles. The van der Waals surface area contributed by atoms with E-state index < -0.39 is 29.8 Å². The number of nitrogens with zero attached hydrogens (tertiary/aromatic N) is 1. The van der Waals surface area contributed by atoms with Gasteiger partial charge in [0, 0.05) is 0 Å². The second-order valence-electron chi connectivity index (χ2n) is 4.32. The summed E-state index contributed by atoms with van der Waals surface area (Å²) in [5.41, 5.74) is -1.55. The van der Waals surface area contributed by atoms with Crippen molar-refractivity contribution in [2.24, 2.45) is 0 Å². The number of carboxylic acids is 1. The zero-order valence-corrected chi connectivity index (χ0v) is 9.58. The summed E-state index contributed by atoms with van der Waals surface area (Å²) >= 11 is 0. The molecule has 1 heterocycles. The van der Waals surface area contributed by atoms with E-state index in [0.29, 0.717) is 5.69 Å². The Balaban J connectivity index is 2.39. The largest absolute Gasteiger partial charge is 0.479 e. The van der Waals surface area contributed by atoms with E-state index in [1.54, 1.807) is 12.1 Å². The maximum Gasteiger partial charge on any atom is 0.337 e. The lowest BCUT2D eigenvalue weighted by Crippen LogP contribution is -2.48. The maximum atomic E-state index is 11.7. The van der Waals surface area contributed by atoms with Gasteiger partial charge >= 0.3 is 5.97 Å². The Kier molecular flexibility index (Phi) is 2.67. The first-order valence-corrected chi connectivity index (χ1v) is 5.25. The highest BCUT2D eigenvalue weighted by atomic mass is 16.4. The third-order valence-corrected chi connectivity index (χ3v) is 2.81. The number of aliphatic hydroxyl groups is 1. The molecule has 0 fully saturated rings. The Bertz CT molecular complexity index is 549. The molecule has 0 bridgehead atoms. The molecule has 6 heteroatoms. The van der Waals surface area contributed by atoms with Gasteiger partial charge in [0.05, 0.1) is 17.8 Å². The Morgan fingerprint density at radius 1 is 1.33 bits per heavy atom. The number of rotatable bonds is 3. The molecule has 1 aliphatic heterocycles. The summed E-state index contributed by atoms with van der Waals surface area (Å²) in [4.78, 5) is 35.2. The molecule has 1 unspecified atom stereocenters. The number of Topliss-reactive ketones (excluding diaryl/α,β-unsaturated/α-hetero) is 1. The van der Waals surface area contributed by atoms with Gasteiger partial charge in [-0.2, -0.15) is 0 Å². The van der Waals surface area contributed by atoms with E-state index >= 15 is 0 Å². The van der Waals surface area contributed by atoms with E-state index in [4.69, 9.17) is 5.11 Å². The van der Waals surface area contributed by atoms with Gasteiger partial charge in [0.15, 0.2) is 5.60 Å². The van der Waals surface area contributed by atoms with Crippen molar-refractivity contribution in [3.05, 3.63) is 29.8 Å². The normalized spacial score (nSPS) is 17.6. The highest BCUT2D eigenvalue weighted by molar-refractivity contribution is 6.52. The smallest absolute Gasteiger partial charge is 0.337 e. The van der Waals surface area contributed by atoms with Crippen LogP contribution in [0, 0.1) is 0 Å². The lowest BCUT2D eigenvalue weighted by Gasteiger charge is -2.25. The number of aliphatic carboxylic acids is 1. The lowest BCUT2D eigenvalue weighted by molar-refractivity contribution is -0.155. The van der Waals surface area contributed by atoms with Gasteiger partial charge in [-0.1, -0.05) is 12.1 Å². The number of hydrogen-bond donors (Lipinski definition) is 2. The summed E-state index contributed by atoms with van der Waals surface area (Å²) < 4.78 is 0. The van der Waals surface area contributed by atoms with Gasteiger partial charge in [-0.15, -0.1) is 0 Å². The number of fused-ring (bicyclic) bond motifs is 1. The predicted molar refractivity (Wildman–Crippen MR) is 61.4 cm³/mol. The quantitative estimate of drug-likeness (QED) is 0.738. The topological polar surface area (TPSA) is 94.9 Å². The molecule has 1 amide bonds. The molecule has 0 radical (unpaired) electrons. The van der Waals surface area contributed by atoms with Gasteiger partial charge in [0.1, 0.15) is 0 Å². The van der Waals surface area contributed by atoms with Crippen LogP contribution in [0.5, 0.6) is 0 Å². The first-order valence-electron chi connectivity index (χ1n) is 5.25. The second-order valence-corrected chi connectivity index (χ2v) is 4.32. The van der Waals surface area contributed by atoms with E-state index in [9.17, 15) is 19.5 Å². The van der Waals surface area contributed by atoms with Crippen molar-refractivity contribution in [3.63, 3.8) is 0 Å². The molecule has 1 atom stereocenters. The first kappa shape index (κ1) is 12.3. The number of anilines is 1. The third kappa shape index (κ3) is 1.76. The molecule has 1 aromatic carbocycles. The molecule has 6 nitrogen and oxygen atoms in total. The highest BCUT2D eigenvalue weighted by Crippen LogP contribution is 2.29. The van der Waals surface area contributed by atoms with E-state index in [1.165, 1.54) is 12.1 Å². The van der Waals surface area contributed by atoms with Crippen molar-refractivity contribution >= 4 is 23.3 Å². The fraction of sp³-hybridized carbons (Fsp3) is 0.250. The van der Waals surface area contributed by atoms with E-state index in [0.717, 1.165) is 11.8 Å². The number of hydrogen-bond acceptors (Lipinski definition) is 4. The minimum Gasteiger partial charge on any atom is -0.479 e. The highest BCUT2D eigenvalue weighted by Gasteiger charge is 2.41. The fourth-order valence-electron chi connectivity index (χ4n) is 1.78. The summed E-state index contributed by atoms with van der Waals surface area (Å²) in [6.07, 6.45) is 0. The summed E-state index contributed by atoms with van der Waals surface area (Å²) in [7, 11) is 0. The zero-order chi connectivity index (χ0) is 13.5. The summed E-state index contributed by atoms with van der Waals surface area (Å²) in [6, 6.07) is 6.27. The van der Waals surface area contributed by atoms with E-state index in [2.05, 4.69) is 0 Å². The Morgan fingerprint density at radius 3 is 2.56 bits per heavy atom. The van der Waals surface area contributed by atoms with Crippen LogP contribution in [0.1, 0.15) is 17.3 Å². The molecule has 2 rings (SSSR count). The van der Waals surface area contributed by atoms with Crippen molar-refractivity contribution in [1.29, 1.82) is 0 Å². The van der Waals surface area contributed by atoms with Crippen molar-refractivity contribution in [2.75, 3.05) is 11.4 Å². The molecule has 1 aromatic rings. The van der Waals surface area contributed by atoms with Gasteiger partial charge in [-0.25, -0.2) is 4.79 Å². The predicted octanol–water partition coefficient (Wildman–Crippen LogP) is 0.0515. The minimum absolute atomic E-state index is 0.226. The number of β-amino-alcohol motifs (C(OH)–C–C–N with tert-alkyl or cyclic N) is 1. The van der Waals surface area contributed by atoms with Crippen LogP contribution in [0.3, 0.4) is 0 Å². The zero-order valence-electron chi connectivity index (χ0n) is 9.58. The number of benzene rings is 1. The van der Waals surface area contributed by atoms with Crippen LogP contribution in [0.4, 0.5) is 5.69 Å². The standard InChI is InChI=1S/C12H11NO5/c1-12(18,11(16)17)6-13-8-5-3-2-4-7(8)9(14)10(13)15/h2-5,18H,6H2,1H3,(H,16,17). The number of carbonyl (C=O) groups excluding carboxylic acids is 2. The van der Waals surface area contributed by atoms with Crippen LogP contribution in [0.15, 0.2) is 24.3 Å². The molecule has 2 N–H and O–H groups in total. The summed E-state index contributed by atoms with van der Waals surface area (Å²) in [5, 5.41) is 18.5. The molecule has 94 valence electrons. The molecule has 18 heavy (non-hydrogen) atoms. The van der Waals surface area contributed by atoms with E-state index in [1.807, 2.05) is 0 Å². The summed E-state index contributed by atoms with van der Waals surface area (Å²) in [5.74, 6) is -2.96. The van der Waals surface area contributed by atoms with E-state index in [-0.39, 0.29) is 5.56 Å². The third-order valence-electron chi connectivity index (χ3n) is 2.81. The average Bonchev–Trinajstić information content (AvgIpc) is 2.55. The number of ketones is 1. The van der Waals surface area contributed by atoms with Crippen LogP contribution in [0.2, 0.25) is 0 Å². The van der Waals surface area contributed by atoms with Crippen LogP contribution in [0.25, 0.3) is 0 Å². The number of carboxylic acid groups (broad SMARTS) is 1. The average molecular weight is 249 g/mol. The lowest BCUT2D eigenvalue weighted by atomic mass is 10.1. The van der Waals surface area contributed by atoms with Crippen LogP contribution < -0.4 is 4.90 Å². The number of carbonyl (C=O) groups is 3. The minimum atomic E-state index is -2.10. The molecular formula is C12H11NO5. The SMILES string of the molecule is CC(O)(CN1C(=O)C(=O)c2ccccc21)C(=O)O. The van der Waals surface area contributed by atoms with Gasteiger partial charge in [0.25, 0.3) is 11.7 Å². The van der Waals surface area contributed by atoms with Crippen LogP contribution >= 0.6 is 0 Å². The number of para-hydroxylation sites is 1. The van der Waals surface area contributed by atoms with Crippen molar-refractivity contribution < 1.29 is 24.6 Å². The molecule has 0 saturated carbocycles.